The molecule has 4 aromatic heterocycles. The van der Waals surface area contributed by atoms with E-state index in [0.717, 1.165) is 0 Å². The van der Waals surface area contributed by atoms with E-state index in [0.29, 0.717) is 21.3 Å². The average molecular weight is 438 g/mol. The van der Waals surface area contributed by atoms with E-state index < -0.39 is 10.0 Å². The van der Waals surface area contributed by atoms with Crippen LogP contribution in [0.2, 0.25) is 0 Å². The van der Waals surface area contributed by atoms with Crippen LogP contribution in [0.5, 0.6) is 5.88 Å². The van der Waals surface area contributed by atoms with E-state index in [1.807, 2.05) is 0 Å². The molecule has 0 aliphatic heterocycles. The van der Waals surface area contributed by atoms with Gasteiger partial charge in [-0.25, -0.2) is 20.3 Å². The van der Waals surface area contributed by atoms with Gasteiger partial charge in [-0.05, 0) is 41.0 Å². The summed E-state index contributed by atoms with van der Waals surface area (Å²) in [5.41, 5.74) is 10.00. The van der Waals surface area contributed by atoms with Gasteiger partial charge in [0.05, 0.1) is 19.0 Å². The summed E-state index contributed by atoms with van der Waals surface area (Å²) >= 11 is 0. The molecule has 0 unspecified atom stereocenters. The average Bonchev–Trinajstić information content (AvgIpc) is 3.21. The van der Waals surface area contributed by atoms with Gasteiger partial charge in [0.15, 0.2) is 5.65 Å². The molecule has 0 saturated carbocycles. The van der Waals surface area contributed by atoms with Crippen molar-refractivity contribution < 1.29 is 13.2 Å². The fourth-order valence-electron chi connectivity index (χ4n) is 2.77. The topological polar surface area (TPSA) is 177 Å². The predicted molar refractivity (Wildman–Crippen MR) is 110 cm³/mol. The number of fused-ring (bicyclic) bond motifs is 1. The molecule has 0 amide bonds. The number of aromatic nitrogens is 5. The van der Waals surface area contributed by atoms with Gasteiger partial charge in [0, 0.05) is 29.1 Å². The Bertz CT molecular complexity index is 1410. The molecule has 0 aromatic carbocycles. The molecule has 0 fully saturated rings. The lowest BCUT2D eigenvalue weighted by Gasteiger charge is -2.20. The van der Waals surface area contributed by atoms with E-state index in [1.54, 1.807) is 12.1 Å². The van der Waals surface area contributed by atoms with Gasteiger partial charge in [-0.1, -0.05) is 0 Å². The number of hydrogen-bond acceptors (Lipinski definition) is 9. The second-order valence-corrected chi connectivity index (χ2v) is 7.85. The molecule has 0 aliphatic rings. The smallest absolute Gasteiger partial charge is 0.279 e. The van der Waals surface area contributed by atoms with Gasteiger partial charge in [-0.3, -0.25) is 4.98 Å². The number of hydrogen-bond donors (Lipinski definition) is 1. The van der Waals surface area contributed by atoms with E-state index in [-0.39, 0.29) is 22.3 Å². The minimum absolute atomic E-state index is 0.00260. The van der Waals surface area contributed by atoms with Crippen LogP contribution in [0.1, 0.15) is 0 Å². The minimum atomic E-state index is -4.13. The standard InChI is InChI=1S/C17H14N10O3S/c1-30-17-14(27(19)31(28,29)12-3-2-6-20-9-12)7-11(8-22-17)13-4-5-15-21-10-16(23-25-18)26(15)24-13/h2-10H,19H2,1H3. The summed E-state index contributed by atoms with van der Waals surface area (Å²) in [6, 6.07) is 7.65. The van der Waals surface area contributed by atoms with E-state index in [2.05, 4.69) is 30.1 Å². The number of hydrazine groups is 1. The molecular formula is C17H14N10O3S. The quantitative estimate of drug-likeness (QED) is 0.156. The number of methoxy groups -OCH3 is 1. The molecule has 4 heterocycles. The van der Waals surface area contributed by atoms with Crippen LogP contribution >= 0.6 is 0 Å². The van der Waals surface area contributed by atoms with Crippen LogP contribution < -0.4 is 15.0 Å². The Balaban J connectivity index is 1.82. The van der Waals surface area contributed by atoms with Crippen molar-refractivity contribution in [3.05, 3.63) is 65.6 Å². The van der Waals surface area contributed by atoms with Gasteiger partial charge in [0.2, 0.25) is 5.88 Å². The molecule has 0 saturated heterocycles. The second-order valence-electron chi connectivity index (χ2n) is 6.04. The van der Waals surface area contributed by atoms with Crippen molar-refractivity contribution >= 4 is 27.2 Å². The Kier molecular flexibility index (Phi) is 5.09. The number of nitrogens with two attached hydrogens (primary N) is 1. The lowest BCUT2D eigenvalue weighted by molar-refractivity contribution is 0.399. The van der Waals surface area contributed by atoms with Gasteiger partial charge < -0.3 is 4.74 Å². The zero-order valence-electron chi connectivity index (χ0n) is 15.9. The molecule has 2 N–H and O–H groups in total. The van der Waals surface area contributed by atoms with Crippen LogP contribution in [0.25, 0.3) is 27.3 Å². The molecule has 0 aliphatic carbocycles. The van der Waals surface area contributed by atoms with Crippen molar-refractivity contribution in [2.24, 2.45) is 11.0 Å². The molecule has 156 valence electrons. The zero-order chi connectivity index (χ0) is 22.0. The van der Waals surface area contributed by atoms with Crippen molar-refractivity contribution in [2.75, 3.05) is 11.5 Å². The maximum absolute atomic E-state index is 12.9. The third-order valence-corrected chi connectivity index (χ3v) is 5.79. The van der Waals surface area contributed by atoms with E-state index in [4.69, 9.17) is 16.1 Å². The summed E-state index contributed by atoms with van der Waals surface area (Å²) in [7, 11) is -2.78. The summed E-state index contributed by atoms with van der Waals surface area (Å²) < 4.78 is 32.9. The Morgan fingerprint density at radius 2 is 2.06 bits per heavy atom. The first-order valence-corrected chi connectivity index (χ1v) is 10.0. The number of nitrogens with zero attached hydrogens (tertiary/aromatic N) is 9. The maximum atomic E-state index is 12.9. The molecule has 4 rings (SSSR count). The summed E-state index contributed by atoms with van der Waals surface area (Å²) in [5, 5.41) is 7.93. The highest BCUT2D eigenvalue weighted by Gasteiger charge is 2.26. The Morgan fingerprint density at radius 3 is 2.77 bits per heavy atom. The SMILES string of the molecule is COc1ncc(-c2ccc3ncc(N=[N+]=[N-])n3n2)cc1N(N)S(=O)(=O)c1cccnc1. The lowest BCUT2D eigenvalue weighted by Crippen LogP contribution is -2.38. The highest BCUT2D eigenvalue weighted by Crippen LogP contribution is 2.32. The van der Waals surface area contributed by atoms with E-state index >= 15 is 0 Å². The molecule has 0 bridgehead atoms. The number of imidazole rings is 1. The number of ether oxygens (including phenoxy) is 1. The van der Waals surface area contributed by atoms with Crippen LogP contribution in [0.4, 0.5) is 11.5 Å². The second kappa shape index (κ2) is 7.87. The van der Waals surface area contributed by atoms with Crippen LogP contribution in [0, 0.1) is 0 Å². The minimum Gasteiger partial charge on any atom is -0.479 e. The van der Waals surface area contributed by atoms with Gasteiger partial charge >= 0.3 is 0 Å². The molecule has 13 nitrogen and oxygen atoms in total. The van der Waals surface area contributed by atoms with E-state index in [1.165, 1.54) is 54.6 Å². The summed E-state index contributed by atoms with van der Waals surface area (Å²) in [6.45, 7) is 0. The first-order chi connectivity index (χ1) is 15.0. The van der Waals surface area contributed by atoms with Gasteiger partial charge in [0.25, 0.3) is 10.0 Å². The fourth-order valence-corrected chi connectivity index (χ4v) is 3.83. The molecule has 14 heteroatoms. The molecule has 0 spiro atoms. The highest BCUT2D eigenvalue weighted by atomic mass is 32.2. The molecule has 0 atom stereocenters. The summed E-state index contributed by atoms with van der Waals surface area (Å²) in [5.74, 6) is 6.17. The number of pyridine rings is 2. The van der Waals surface area contributed by atoms with Crippen LogP contribution in [-0.2, 0) is 10.0 Å². The van der Waals surface area contributed by atoms with Crippen molar-refractivity contribution in [3.8, 4) is 17.1 Å². The first-order valence-electron chi connectivity index (χ1n) is 8.60. The third kappa shape index (κ3) is 3.57. The van der Waals surface area contributed by atoms with E-state index in [9.17, 15) is 8.42 Å². The van der Waals surface area contributed by atoms with Crippen molar-refractivity contribution in [3.63, 3.8) is 0 Å². The molecule has 4 aromatic rings. The number of anilines is 1. The number of azide groups is 1. The van der Waals surface area contributed by atoms with Crippen LogP contribution in [0.15, 0.2) is 65.1 Å². The Morgan fingerprint density at radius 1 is 1.23 bits per heavy atom. The first kappa shape index (κ1) is 20.0. The zero-order valence-corrected chi connectivity index (χ0v) is 16.7. The lowest BCUT2D eigenvalue weighted by atomic mass is 10.2. The van der Waals surface area contributed by atoms with Crippen LogP contribution in [-0.4, -0.2) is 40.1 Å². The maximum Gasteiger partial charge on any atom is 0.279 e. The fraction of sp³-hybridized carbons (Fsp3) is 0.0588. The summed E-state index contributed by atoms with van der Waals surface area (Å²) in [6.07, 6.45) is 5.46. The number of rotatable bonds is 6. The molecule has 0 radical (unpaired) electrons. The molecular weight excluding hydrogens is 424 g/mol. The van der Waals surface area contributed by atoms with Crippen molar-refractivity contribution in [2.45, 2.75) is 4.90 Å². The third-order valence-electron chi connectivity index (χ3n) is 4.24. The largest absolute Gasteiger partial charge is 0.479 e. The Hall–Kier alpha value is -4.26. The number of sulfonamides is 1. The highest BCUT2D eigenvalue weighted by molar-refractivity contribution is 7.92. The van der Waals surface area contributed by atoms with Gasteiger partial charge in [-0.15, -0.1) is 0 Å². The van der Waals surface area contributed by atoms with Crippen molar-refractivity contribution in [1.82, 2.24) is 24.6 Å². The normalized spacial score (nSPS) is 11.2. The Labute approximate surface area is 175 Å². The van der Waals surface area contributed by atoms with Crippen molar-refractivity contribution in [1.29, 1.82) is 0 Å². The summed E-state index contributed by atoms with van der Waals surface area (Å²) in [4.78, 5) is 14.7. The van der Waals surface area contributed by atoms with Gasteiger partial charge in [0.1, 0.15) is 16.4 Å². The monoisotopic (exact) mass is 438 g/mol. The molecule has 31 heavy (non-hydrogen) atoms. The van der Waals surface area contributed by atoms with Gasteiger partial charge in [-0.2, -0.15) is 17.9 Å². The van der Waals surface area contributed by atoms with Crippen LogP contribution in [0.3, 0.4) is 0 Å². The predicted octanol–water partition coefficient (Wildman–Crippen LogP) is 2.21.